The fourth-order valence-electron chi connectivity index (χ4n) is 2.62. The van der Waals surface area contributed by atoms with Crippen LogP contribution in [0.5, 0.6) is 0 Å². The zero-order valence-corrected chi connectivity index (χ0v) is 9.13. The molecule has 70 valence electrons. The molecule has 1 aliphatic heterocycles. The van der Waals surface area contributed by atoms with E-state index in [-0.39, 0.29) is 0 Å². The van der Waals surface area contributed by atoms with E-state index in [0.717, 1.165) is 24.0 Å². The molecule has 0 N–H and O–H groups in total. The van der Waals surface area contributed by atoms with Crippen molar-refractivity contribution in [2.24, 2.45) is 11.8 Å². The van der Waals surface area contributed by atoms with Crippen LogP contribution in [-0.2, 0) is 0 Å². The number of fused-ring (bicyclic) bond motifs is 2. The molecule has 2 rings (SSSR count). The highest BCUT2D eigenvalue weighted by atomic mass is 79.9. The third-order valence-corrected chi connectivity index (χ3v) is 3.45. The van der Waals surface area contributed by atoms with Crippen LogP contribution in [0, 0.1) is 23.2 Å². The molecule has 3 heteroatoms. The van der Waals surface area contributed by atoms with Crippen LogP contribution >= 0.6 is 15.9 Å². The monoisotopic (exact) mass is 240 g/mol. The fraction of sp³-hybridized carbons (Fsp3) is 0.700. The number of rotatable bonds is 2. The maximum absolute atomic E-state index is 8.86. The van der Waals surface area contributed by atoms with E-state index in [4.69, 9.17) is 5.26 Å². The average molecular weight is 241 g/mol. The van der Waals surface area contributed by atoms with Crippen molar-refractivity contribution in [3.05, 3.63) is 11.1 Å². The van der Waals surface area contributed by atoms with Crippen LogP contribution in [0.2, 0.25) is 0 Å². The van der Waals surface area contributed by atoms with Gasteiger partial charge in [0.2, 0.25) is 0 Å². The van der Waals surface area contributed by atoms with Crippen LogP contribution in [0.25, 0.3) is 0 Å². The molecule has 2 nitrogen and oxygen atoms in total. The molecule has 2 bridgehead atoms. The van der Waals surface area contributed by atoms with Crippen LogP contribution in [0.15, 0.2) is 11.1 Å². The van der Waals surface area contributed by atoms with E-state index < -0.39 is 0 Å². The normalized spacial score (nSPS) is 37.7. The first kappa shape index (κ1) is 9.23. The lowest BCUT2D eigenvalue weighted by molar-refractivity contribution is 0.212. The highest BCUT2D eigenvalue weighted by molar-refractivity contribution is 9.11. The number of halogens is 1. The van der Waals surface area contributed by atoms with Crippen molar-refractivity contribution in [3.8, 4) is 6.07 Å². The van der Waals surface area contributed by atoms with Crippen LogP contribution in [0.1, 0.15) is 12.8 Å². The van der Waals surface area contributed by atoms with Crippen LogP contribution in [0.4, 0.5) is 0 Å². The minimum Gasteiger partial charge on any atom is -0.295 e. The minimum atomic E-state index is 0.324. The topological polar surface area (TPSA) is 27.0 Å². The smallest absolute Gasteiger partial charge is 0.0659 e. The Morgan fingerprint density at radius 3 is 2.85 bits per heavy atom. The standard InChI is InChI=1S/C10H13BrN2/c1-7(11)5-13-6-9-3-10(13)2-8(9)4-12/h8-10H,1-3,5-6H2. The summed E-state index contributed by atoms with van der Waals surface area (Å²) in [5.41, 5.74) is 0. The number of nitrogens with zero attached hydrogens (tertiary/aromatic N) is 2. The molecule has 13 heavy (non-hydrogen) atoms. The van der Waals surface area contributed by atoms with Gasteiger partial charge in [0.25, 0.3) is 0 Å². The van der Waals surface area contributed by atoms with Crippen molar-refractivity contribution in [1.82, 2.24) is 4.90 Å². The molecule has 2 aliphatic rings. The summed E-state index contributed by atoms with van der Waals surface area (Å²) >= 11 is 3.39. The van der Waals surface area contributed by atoms with E-state index >= 15 is 0 Å². The van der Waals surface area contributed by atoms with Gasteiger partial charge in [-0.25, -0.2) is 0 Å². The minimum absolute atomic E-state index is 0.324. The van der Waals surface area contributed by atoms with E-state index in [1.54, 1.807) is 0 Å². The number of likely N-dealkylation sites (tertiary alicyclic amines) is 1. The van der Waals surface area contributed by atoms with Crippen LogP contribution in [0.3, 0.4) is 0 Å². The Morgan fingerprint density at radius 2 is 2.38 bits per heavy atom. The summed E-state index contributed by atoms with van der Waals surface area (Å²) < 4.78 is 1.05. The summed E-state index contributed by atoms with van der Waals surface area (Å²) in [6.45, 7) is 5.89. The number of hydrogen-bond donors (Lipinski definition) is 0. The highest BCUT2D eigenvalue weighted by Gasteiger charge is 2.44. The van der Waals surface area contributed by atoms with Gasteiger partial charge in [-0.05, 0) is 18.8 Å². The van der Waals surface area contributed by atoms with E-state index in [2.05, 4.69) is 33.5 Å². The van der Waals surface area contributed by atoms with Crippen molar-refractivity contribution in [3.63, 3.8) is 0 Å². The van der Waals surface area contributed by atoms with Gasteiger partial charge in [-0.15, -0.1) is 0 Å². The molecule has 1 saturated heterocycles. The molecule has 0 spiro atoms. The SMILES string of the molecule is C=C(Br)CN1CC2CC1CC2C#N. The molecule has 0 aromatic heterocycles. The van der Waals surface area contributed by atoms with Gasteiger partial charge in [0.05, 0.1) is 12.0 Å². The molecule has 0 aromatic carbocycles. The zero-order chi connectivity index (χ0) is 9.42. The van der Waals surface area contributed by atoms with Gasteiger partial charge >= 0.3 is 0 Å². The lowest BCUT2D eigenvalue weighted by Gasteiger charge is -2.28. The Kier molecular flexibility index (Phi) is 2.44. The molecule has 1 saturated carbocycles. The average Bonchev–Trinajstić information content (AvgIpc) is 2.60. The third kappa shape index (κ3) is 1.66. The maximum Gasteiger partial charge on any atom is 0.0659 e. The number of piperidine rings is 1. The molecule has 3 atom stereocenters. The second-order valence-corrected chi connectivity index (χ2v) is 5.19. The zero-order valence-electron chi connectivity index (χ0n) is 7.54. The Labute approximate surface area is 87.3 Å². The van der Waals surface area contributed by atoms with Crippen molar-refractivity contribution < 1.29 is 0 Å². The van der Waals surface area contributed by atoms with Gasteiger partial charge in [-0.3, -0.25) is 4.90 Å². The Bertz CT molecular complexity index is 269. The second-order valence-electron chi connectivity index (χ2n) is 4.07. The quantitative estimate of drug-likeness (QED) is 0.740. The van der Waals surface area contributed by atoms with Crippen molar-refractivity contribution >= 4 is 15.9 Å². The molecule has 3 unspecified atom stereocenters. The summed E-state index contributed by atoms with van der Waals surface area (Å²) in [7, 11) is 0. The number of hydrogen-bond acceptors (Lipinski definition) is 2. The van der Waals surface area contributed by atoms with Gasteiger partial charge < -0.3 is 0 Å². The first-order valence-electron chi connectivity index (χ1n) is 4.67. The maximum atomic E-state index is 8.86. The predicted octanol–water partition coefficient (Wildman–Crippen LogP) is 2.13. The molecule has 0 aromatic rings. The summed E-state index contributed by atoms with van der Waals surface area (Å²) in [6, 6.07) is 3.05. The molecule has 2 fully saturated rings. The predicted molar refractivity (Wildman–Crippen MR) is 55.3 cm³/mol. The fourth-order valence-corrected chi connectivity index (χ4v) is 2.94. The first-order valence-corrected chi connectivity index (χ1v) is 5.47. The van der Waals surface area contributed by atoms with Crippen LogP contribution < -0.4 is 0 Å². The van der Waals surface area contributed by atoms with Crippen molar-refractivity contribution in [2.45, 2.75) is 18.9 Å². The third-order valence-electron chi connectivity index (χ3n) is 3.20. The van der Waals surface area contributed by atoms with Gasteiger partial charge in [-0.2, -0.15) is 5.26 Å². The lowest BCUT2D eigenvalue weighted by atomic mass is 9.96. The van der Waals surface area contributed by atoms with E-state index in [1.165, 1.54) is 6.42 Å². The van der Waals surface area contributed by atoms with Crippen molar-refractivity contribution in [1.29, 1.82) is 5.26 Å². The molecular formula is C10H13BrN2. The van der Waals surface area contributed by atoms with E-state index in [1.807, 2.05) is 0 Å². The van der Waals surface area contributed by atoms with E-state index in [9.17, 15) is 0 Å². The first-order chi connectivity index (χ1) is 6.20. The highest BCUT2D eigenvalue weighted by Crippen LogP contribution is 2.41. The summed E-state index contributed by atoms with van der Waals surface area (Å²) in [4.78, 5) is 2.44. The Balaban J connectivity index is 1.96. The van der Waals surface area contributed by atoms with Gasteiger partial charge in [-0.1, -0.05) is 22.5 Å². The lowest BCUT2D eigenvalue weighted by Crippen LogP contribution is -2.35. The molecule has 0 radical (unpaired) electrons. The number of nitriles is 1. The summed E-state index contributed by atoms with van der Waals surface area (Å²) in [5, 5.41) is 8.86. The summed E-state index contributed by atoms with van der Waals surface area (Å²) in [6.07, 6.45) is 2.29. The van der Waals surface area contributed by atoms with Gasteiger partial charge in [0.1, 0.15) is 0 Å². The Hall–Kier alpha value is -0.330. The van der Waals surface area contributed by atoms with E-state index in [0.29, 0.717) is 17.9 Å². The molecular weight excluding hydrogens is 228 g/mol. The van der Waals surface area contributed by atoms with Gasteiger partial charge in [0.15, 0.2) is 0 Å². The largest absolute Gasteiger partial charge is 0.295 e. The second kappa shape index (κ2) is 3.43. The van der Waals surface area contributed by atoms with Gasteiger partial charge in [0, 0.05) is 23.6 Å². The Morgan fingerprint density at radius 1 is 1.62 bits per heavy atom. The summed E-state index contributed by atoms with van der Waals surface area (Å²) in [5.74, 6) is 0.951. The van der Waals surface area contributed by atoms with Crippen molar-refractivity contribution in [2.75, 3.05) is 13.1 Å². The van der Waals surface area contributed by atoms with Crippen LogP contribution in [-0.4, -0.2) is 24.0 Å². The molecule has 1 aliphatic carbocycles. The molecule has 1 heterocycles. The molecule has 0 amide bonds.